The first-order valence-corrected chi connectivity index (χ1v) is 11.5. The van der Waals surface area contributed by atoms with E-state index in [0.29, 0.717) is 5.56 Å². The Morgan fingerprint density at radius 1 is 1.24 bits per heavy atom. The van der Waals surface area contributed by atoms with Crippen LogP contribution in [0, 0.1) is 19.7 Å². The Morgan fingerprint density at radius 2 is 1.88 bits per heavy atom. The average molecular weight is 494 g/mol. The van der Waals surface area contributed by atoms with Crippen molar-refractivity contribution in [3.63, 3.8) is 0 Å². The Kier molecular flexibility index (Phi) is 6.79. The van der Waals surface area contributed by atoms with Crippen LogP contribution in [0.4, 0.5) is 15.8 Å². The maximum Gasteiger partial charge on any atom is 0.434 e. The van der Waals surface area contributed by atoms with E-state index in [1.165, 1.54) is 6.07 Å². The van der Waals surface area contributed by atoms with Crippen LogP contribution in [0.25, 0.3) is 0 Å². The molecule has 0 aliphatic rings. The monoisotopic (exact) mass is 493 g/mol. The predicted octanol–water partition coefficient (Wildman–Crippen LogP) is 1.89. The highest BCUT2D eigenvalue weighted by Gasteiger charge is 2.35. The van der Waals surface area contributed by atoms with E-state index in [9.17, 15) is 22.4 Å². The van der Waals surface area contributed by atoms with Crippen molar-refractivity contribution in [2.24, 2.45) is 0 Å². The highest BCUT2D eigenvalue weighted by atomic mass is 32.2. The van der Waals surface area contributed by atoms with Gasteiger partial charge in [0.05, 0.1) is 28.9 Å². The Balaban J connectivity index is 2.17. The van der Waals surface area contributed by atoms with Gasteiger partial charge in [-0.05, 0) is 48.7 Å². The predicted molar refractivity (Wildman–Crippen MR) is 121 cm³/mol. The molecule has 0 saturated carbocycles. The molecule has 13 heteroatoms. The number of H-pyrrole nitrogens is 1. The second-order valence-corrected chi connectivity index (χ2v) is 9.39. The van der Waals surface area contributed by atoms with Gasteiger partial charge in [-0.2, -0.15) is 4.72 Å². The lowest BCUT2D eigenvalue weighted by Gasteiger charge is -2.25. The van der Waals surface area contributed by atoms with Gasteiger partial charge in [0, 0.05) is 5.92 Å². The summed E-state index contributed by atoms with van der Waals surface area (Å²) in [5.74, 6) is -3.70. The summed E-state index contributed by atoms with van der Waals surface area (Å²) in [5, 5.41) is 5.80. The van der Waals surface area contributed by atoms with Crippen molar-refractivity contribution in [2.75, 3.05) is 18.6 Å². The fraction of sp³-hybridized carbons (Fsp3) is 0.286. The van der Waals surface area contributed by atoms with Crippen LogP contribution in [0.5, 0.6) is 0 Å². The molecule has 1 heterocycles. The zero-order valence-corrected chi connectivity index (χ0v) is 19.6. The normalized spacial score (nSPS) is 13.4. The van der Waals surface area contributed by atoms with Crippen molar-refractivity contribution < 1.29 is 26.8 Å². The number of sulfonamides is 1. The molecular weight excluding hydrogens is 469 g/mol. The van der Waals surface area contributed by atoms with Crippen molar-refractivity contribution in [1.82, 2.24) is 14.9 Å². The Morgan fingerprint density at radius 3 is 2.47 bits per heavy atom. The molecule has 0 saturated heterocycles. The maximum absolute atomic E-state index is 14.8. The number of benzene rings is 2. The number of nitrogens with zero attached hydrogens (tertiary/aromatic N) is 1. The summed E-state index contributed by atoms with van der Waals surface area (Å²) >= 11 is 0. The lowest BCUT2D eigenvalue weighted by molar-refractivity contribution is 0.0596. The number of nitrogens with one attached hydrogen (secondary N) is 2. The first kappa shape index (κ1) is 24.9. The van der Waals surface area contributed by atoms with E-state index in [1.807, 2.05) is 0 Å². The molecule has 34 heavy (non-hydrogen) atoms. The standard InChI is InChI=1S/C21H24FN5O6S/c1-9-5-6-13(22)17(10(9)2)11(3)18(19-25-26-21(29)33-19)27-34(30,31)16-8-15(24)14(23)7-12(16)20(28)32-4/h5-8,11,18,27H,23-24H2,1-4H3,(H,26,29)/t11-,18+/m1/s1. The SMILES string of the molecule is COC(=O)c1cc(N)c(N)cc1S(=O)(=O)N[C@H](c1n[nH]c(=O)o1)[C@H](C)c1c(F)ccc(C)c1C. The quantitative estimate of drug-likeness (QED) is 0.282. The van der Waals surface area contributed by atoms with Gasteiger partial charge in [-0.25, -0.2) is 27.5 Å². The van der Waals surface area contributed by atoms with Crippen molar-refractivity contribution in [3.05, 3.63) is 68.8 Å². The zero-order chi connectivity index (χ0) is 25.4. The van der Waals surface area contributed by atoms with Crippen LogP contribution < -0.4 is 21.9 Å². The molecule has 11 nitrogen and oxygen atoms in total. The van der Waals surface area contributed by atoms with E-state index in [-0.39, 0.29) is 28.4 Å². The number of rotatable bonds is 7. The number of halogens is 1. The van der Waals surface area contributed by atoms with Crippen molar-refractivity contribution in [2.45, 2.75) is 37.6 Å². The molecule has 0 bridgehead atoms. The van der Waals surface area contributed by atoms with E-state index in [2.05, 4.69) is 19.7 Å². The first-order valence-electron chi connectivity index (χ1n) is 9.98. The van der Waals surface area contributed by atoms with Crippen molar-refractivity contribution in [1.29, 1.82) is 0 Å². The van der Waals surface area contributed by atoms with Crippen LogP contribution in [0.3, 0.4) is 0 Å². The third-order valence-corrected chi connectivity index (χ3v) is 7.05. The Hall–Kier alpha value is -3.71. The van der Waals surface area contributed by atoms with E-state index >= 15 is 0 Å². The van der Waals surface area contributed by atoms with E-state index in [4.69, 9.17) is 15.9 Å². The Bertz CT molecular complexity index is 1420. The number of methoxy groups -OCH3 is 1. The van der Waals surface area contributed by atoms with Gasteiger partial charge >= 0.3 is 11.7 Å². The molecule has 0 radical (unpaired) electrons. The number of anilines is 2. The van der Waals surface area contributed by atoms with Gasteiger partial charge in [0.1, 0.15) is 11.9 Å². The topological polar surface area (TPSA) is 183 Å². The number of nitrogens with two attached hydrogens (primary N) is 2. The molecule has 3 aromatic rings. The van der Waals surface area contributed by atoms with Crippen LogP contribution in [0.15, 0.2) is 38.4 Å². The highest BCUT2D eigenvalue weighted by Crippen LogP contribution is 2.36. The third kappa shape index (κ3) is 4.65. The maximum atomic E-state index is 14.8. The third-order valence-electron chi connectivity index (χ3n) is 5.57. The van der Waals surface area contributed by atoms with Gasteiger partial charge in [0.2, 0.25) is 15.9 Å². The smallest absolute Gasteiger partial charge is 0.434 e. The molecule has 0 spiro atoms. The lowest BCUT2D eigenvalue weighted by atomic mass is 9.88. The number of aromatic amines is 1. The fourth-order valence-corrected chi connectivity index (χ4v) is 5.09. The number of esters is 1. The number of carbonyl (C=O) groups is 1. The minimum absolute atomic E-state index is 0.0278. The van der Waals surface area contributed by atoms with Gasteiger partial charge in [0.15, 0.2) is 0 Å². The molecule has 1 aromatic heterocycles. The van der Waals surface area contributed by atoms with Gasteiger partial charge in [-0.15, -0.1) is 5.10 Å². The second-order valence-electron chi connectivity index (χ2n) is 7.71. The summed E-state index contributed by atoms with van der Waals surface area (Å²) in [6.07, 6.45) is 0. The number of nitrogen functional groups attached to an aromatic ring is 2. The number of aromatic nitrogens is 2. The summed E-state index contributed by atoms with van der Waals surface area (Å²) in [4.78, 5) is 23.3. The number of aryl methyl sites for hydroxylation is 1. The van der Waals surface area contributed by atoms with Gasteiger partial charge < -0.3 is 20.6 Å². The fourth-order valence-electron chi connectivity index (χ4n) is 3.61. The molecule has 182 valence electrons. The molecule has 2 atom stereocenters. The van der Waals surface area contributed by atoms with Crippen LogP contribution in [0.1, 0.15) is 51.8 Å². The average Bonchev–Trinajstić information content (AvgIpc) is 3.21. The van der Waals surface area contributed by atoms with E-state index < -0.39 is 44.4 Å². The van der Waals surface area contributed by atoms with Crippen LogP contribution >= 0.6 is 0 Å². The lowest BCUT2D eigenvalue weighted by Crippen LogP contribution is -2.34. The number of hydrogen-bond acceptors (Lipinski definition) is 9. The largest absolute Gasteiger partial charge is 0.465 e. The Labute approximate surface area is 194 Å². The van der Waals surface area contributed by atoms with Crippen LogP contribution in [0.2, 0.25) is 0 Å². The minimum atomic E-state index is -4.54. The van der Waals surface area contributed by atoms with Gasteiger partial charge in [-0.1, -0.05) is 13.0 Å². The second kappa shape index (κ2) is 9.27. The number of carbonyl (C=O) groups excluding carboxylic acids is 1. The first-order chi connectivity index (χ1) is 15.9. The molecular formula is C21H24FN5O6S. The summed E-state index contributed by atoms with van der Waals surface area (Å²) < 4.78 is 53.8. The number of hydrogen-bond donors (Lipinski definition) is 4. The molecule has 0 amide bonds. The molecule has 0 unspecified atom stereocenters. The molecule has 0 aliphatic carbocycles. The number of ether oxygens (including phenoxy) is 1. The highest BCUT2D eigenvalue weighted by molar-refractivity contribution is 7.89. The van der Waals surface area contributed by atoms with Crippen molar-refractivity contribution >= 4 is 27.4 Å². The van der Waals surface area contributed by atoms with Gasteiger partial charge in [-0.3, -0.25) is 0 Å². The zero-order valence-electron chi connectivity index (χ0n) is 18.8. The molecule has 6 N–H and O–H groups in total. The van der Waals surface area contributed by atoms with Crippen molar-refractivity contribution in [3.8, 4) is 0 Å². The van der Waals surface area contributed by atoms with E-state index in [0.717, 1.165) is 24.8 Å². The molecule has 3 rings (SSSR count). The molecule has 0 aliphatic heterocycles. The summed E-state index contributed by atoms with van der Waals surface area (Å²) in [5.41, 5.74) is 12.6. The minimum Gasteiger partial charge on any atom is -0.465 e. The summed E-state index contributed by atoms with van der Waals surface area (Å²) in [7, 11) is -3.46. The summed E-state index contributed by atoms with van der Waals surface area (Å²) in [6, 6.07) is 3.59. The molecule has 2 aromatic carbocycles. The van der Waals surface area contributed by atoms with Crippen LogP contribution in [-0.4, -0.2) is 31.7 Å². The van der Waals surface area contributed by atoms with Gasteiger partial charge in [0.25, 0.3) is 0 Å². The van der Waals surface area contributed by atoms with E-state index in [1.54, 1.807) is 26.8 Å². The summed E-state index contributed by atoms with van der Waals surface area (Å²) in [6.45, 7) is 5.01. The van der Waals surface area contributed by atoms with Crippen LogP contribution in [-0.2, 0) is 14.8 Å². The molecule has 0 fully saturated rings.